The summed E-state index contributed by atoms with van der Waals surface area (Å²) in [6, 6.07) is 22.9. The van der Waals surface area contributed by atoms with Gasteiger partial charge in [-0.2, -0.15) is 15.5 Å². The van der Waals surface area contributed by atoms with Gasteiger partial charge in [0.25, 0.3) is 0 Å². The van der Waals surface area contributed by atoms with Crippen LogP contribution in [0.1, 0.15) is 22.7 Å². The molecule has 1 aromatic heterocycles. The number of hydrogen-bond acceptors (Lipinski definition) is 6. The number of anilines is 1. The number of methoxy groups -OCH3 is 1. The van der Waals surface area contributed by atoms with E-state index in [-0.39, 0.29) is 0 Å². The Balaban J connectivity index is 1.69. The van der Waals surface area contributed by atoms with Gasteiger partial charge in [-0.1, -0.05) is 42.5 Å². The molecule has 0 spiro atoms. The van der Waals surface area contributed by atoms with Crippen LogP contribution in [0.5, 0.6) is 5.75 Å². The van der Waals surface area contributed by atoms with Crippen molar-refractivity contribution in [1.82, 2.24) is 10.2 Å². The zero-order chi connectivity index (χ0) is 18.2. The molecular formula is C20H17N5O. The van der Waals surface area contributed by atoms with Gasteiger partial charge in [-0.3, -0.25) is 5.43 Å². The van der Waals surface area contributed by atoms with Crippen LogP contribution < -0.4 is 10.2 Å². The predicted octanol–water partition coefficient (Wildman–Crippen LogP) is 3.59. The third-order valence-corrected chi connectivity index (χ3v) is 3.75. The van der Waals surface area contributed by atoms with Gasteiger partial charge in [0.2, 0.25) is 0 Å². The monoisotopic (exact) mass is 343 g/mol. The van der Waals surface area contributed by atoms with Gasteiger partial charge in [0.05, 0.1) is 25.1 Å². The summed E-state index contributed by atoms with van der Waals surface area (Å²) in [6.07, 6.45) is 1.70. The van der Waals surface area contributed by atoms with E-state index in [1.54, 1.807) is 25.5 Å². The van der Waals surface area contributed by atoms with Gasteiger partial charge in [0.1, 0.15) is 11.7 Å². The highest BCUT2D eigenvalue weighted by Crippen LogP contribution is 2.24. The fourth-order valence-corrected chi connectivity index (χ4v) is 2.38. The zero-order valence-corrected chi connectivity index (χ0v) is 14.2. The fourth-order valence-electron chi connectivity index (χ4n) is 2.38. The number of hydrazone groups is 1. The Bertz CT molecular complexity index is 900. The van der Waals surface area contributed by atoms with Crippen LogP contribution in [0.15, 0.2) is 71.8 Å². The minimum Gasteiger partial charge on any atom is -0.497 e. The molecule has 0 aliphatic heterocycles. The Kier molecular flexibility index (Phi) is 5.53. The standard InChI is InChI=1S/C20H17N5O/c1-26-17-9-7-16(8-10-17)18(13-21)19-11-12-20(25-23-19)24-22-14-15-5-3-2-4-6-15/h2-12,14,18H,1H3,(H,24,25)/b22-14+. The van der Waals surface area contributed by atoms with Crippen LogP contribution in [0, 0.1) is 11.3 Å². The molecule has 1 atom stereocenters. The molecular weight excluding hydrogens is 326 g/mol. The van der Waals surface area contributed by atoms with Gasteiger partial charge in [-0.15, -0.1) is 5.10 Å². The second-order valence-corrected chi connectivity index (χ2v) is 5.46. The lowest BCUT2D eigenvalue weighted by atomic mass is 9.97. The van der Waals surface area contributed by atoms with E-state index < -0.39 is 5.92 Å². The maximum absolute atomic E-state index is 9.51. The van der Waals surface area contributed by atoms with E-state index in [0.29, 0.717) is 11.5 Å². The van der Waals surface area contributed by atoms with Crippen molar-refractivity contribution >= 4 is 12.0 Å². The fraction of sp³-hybridized carbons (Fsp3) is 0.100. The maximum atomic E-state index is 9.51. The average Bonchev–Trinajstić information content (AvgIpc) is 2.71. The SMILES string of the molecule is COc1ccc(C(C#N)c2ccc(N/N=C/c3ccccc3)nn2)cc1. The minimum atomic E-state index is -0.490. The number of nitrogens with zero attached hydrogens (tertiary/aromatic N) is 4. The molecule has 0 saturated heterocycles. The quantitative estimate of drug-likeness (QED) is 0.546. The second-order valence-electron chi connectivity index (χ2n) is 5.46. The third kappa shape index (κ3) is 4.22. The molecule has 0 radical (unpaired) electrons. The summed E-state index contributed by atoms with van der Waals surface area (Å²) in [5, 5.41) is 21.9. The topological polar surface area (TPSA) is 83.2 Å². The van der Waals surface area contributed by atoms with Gasteiger partial charge in [-0.25, -0.2) is 0 Å². The molecule has 1 heterocycles. The van der Waals surface area contributed by atoms with Crippen LogP contribution in [0.4, 0.5) is 5.82 Å². The number of nitriles is 1. The number of aromatic nitrogens is 2. The highest BCUT2D eigenvalue weighted by Gasteiger charge is 2.15. The van der Waals surface area contributed by atoms with Crippen molar-refractivity contribution in [3.63, 3.8) is 0 Å². The molecule has 3 rings (SSSR count). The number of rotatable bonds is 6. The summed E-state index contributed by atoms with van der Waals surface area (Å²) in [4.78, 5) is 0. The van der Waals surface area contributed by atoms with Crippen molar-refractivity contribution in [2.24, 2.45) is 5.10 Å². The normalized spacial score (nSPS) is 11.7. The first kappa shape index (κ1) is 17.1. The molecule has 1 N–H and O–H groups in total. The molecule has 2 aromatic carbocycles. The van der Waals surface area contributed by atoms with Gasteiger partial charge in [0, 0.05) is 0 Å². The van der Waals surface area contributed by atoms with Crippen LogP contribution >= 0.6 is 0 Å². The van der Waals surface area contributed by atoms with Crippen LogP contribution in [0.2, 0.25) is 0 Å². The Hall–Kier alpha value is -3.72. The molecule has 1 unspecified atom stereocenters. The molecule has 3 aromatic rings. The van der Waals surface area contributed by atoms with E-state index in [1.165, 1.54) is 0 Å². The predicted molar refractivity (Wildman–Crippen MR) is 100 cm³/mol. The average molecular weight is 343 g/mol. The first-order valence-corrected chi connectivity index (χ1v) is 8.01. The summed E-state index contributed by atoms with van der Waals surface area (Å²) in [6.45, 7) is 0. The Morgan fingerprint density at radius 2 is 1.81 bits per heavy atom. The van der Waals surface area contributed by atoms with Crippen LogP contribution in [0.3, 0.4) is 0 Å². The van der Waals surface area contributed by atoms with Crippen molar-refractivity contribution in [2.75, 3.05) is 12.5 Å². The van der Waals surface area contributed by atoms with Gasteiger partial charge in [0.15, 0.2) is 5.82 Å². The van der Waals surface area contributed by atoms with E-state index in [4.69, 9.17) is 4.74 Å². The van der Waals surface area contributed by atoms with Gasteiger partial charge < -0.3 is 4.74 Å². The Morgan fingerprint density at radius 3 is 2.42 bits per heavy atom. The van der Waals surface area contributed by atoms with E-state index in [1.807, 2.05) is 54.6 Å². The van der Waals surface area contributed by atoms with Crippen molar-refractivity contribution in [2.45, 2.75) is 5.92 Å². The van der Waals surface area contributed by atoms with Crippen molar-refractivity contribution in [3.8, 4) is 11.8 Å². The molecule has 0 bridgehead atoms. The number of nitrogens with one attached hydrogen (secondary N) is 1. The summed E-state index contributed by atoms with van der Waals surface area (Å²) >= 11 is 0. The van der Waals surface area contributed by atoms with E-state index in [2.05, 4.69) is 26.8 Å². The van der Waals surface area contributed by atoms with Crippen LogP contribution in [0.25, 0.3) is 0 Å². The van der Waals surface area contributed by atoms with Crippen molar-refractivity contribution in [1.29, 1.82) is 5.26 Å². The Labute approximate surface area is 151 Å². The zero-order valence-electron chi connectivity index (χ0n) is 14.2. The largest absolute Gasteiger partial charge is 0.497 e. The Morgan fingerprint density at radius 1 is 1.04 bits per heavy atom. The number of hydrogen-bond donors (Lipinski definition) is 1. The first-order chi connectivity index (χ1) is 12.8. The highest BCUT2D eigenvalue weighted by molar-refractivity contribution is 5.79. The van der Waals surface area contributed by atoms with E-state index in [9.17, 15) is 5.26 Å². The number of benzene rings is 2. The number of ether oxygens (including phenoxy) is 1. The molecule has 0 amide bonds. The molecule has 6 heteroatoms. The minimum absolute atomic E-state index is 0.490. The first-order valence-electron chi connectivity index (χ1n) is 8.01. The van der Waals surface area contributed by atoms with Gasteiger partial charge >= 0.3 is 0 Å². The molecule has 0 aliphatic rings. The van der Waals surface area contributed by atoms with Gasteiger partial charge in [-0.05, 0) is 35.4 Å². The van der Waals surface area contributed by atoms with E-state index >= 15 is 0 Å². The van der Waals surface area contributed by atoms with Crippen LogP contribution in [-0.2, 0) is 0 Å². The highest BCUT2D eigenvalue weighted by atomic mass is 16.5. The lowest BCUT2D eigenvalue weighted by molar-refractivity contribution is 0.414. The van der Waals surface area contributed by atoms with Crippen LogP contribution in [-0.4, -0.2) is 23.5 Å². The molecule has 0 saturated carbocycles. The summed E-state index contributed by atoms with van der Waals surface area (Å²) < 4.78 is 5.14. The lowest BCUT2D eigenvalue weighted by Gasteiger charge is -2.09. The summed E-state index contributed by atoms with van der Waals surface area (Å²) in [5.74, 6) is 0.759. The molecule has 128 valence electrons. The summed E-state index contributed by atoms with van der Waals surface area (Å²) in [5.41, 5.74) is 5.23. The smallest absolute Gasteiger partial charge is 0.168 e. The second kappa shape index (κ2) is 8.40. The summed E-state index contributed by atoms with van der Waals surface area (Å²) in [7, 11) is 1.61. The molecule has 6 nitrogen and oxygen atoms in total. The lowest BCUT2D eigenvalue weighted by Crippen LogP contribution is -2.04. The van der Waals surface area contributed by atoms with E-state index in [0.717, 1.165) is 16.9 Å². The van der Waals surface area contributed by atoms with Crippen molar-refractivity contribution in [3.05, 3.63) is 83.6 Å². The van der Waals surface area contributed by atoms with Crippen molar-refractivity contribution < 1.29 is 4.74 Å². The molecule has 0 aliphatic carbocycles. The molecule has 26 heavy (non-hydrogen) atoms. The third-order valence-electron chi connectivity index (χ3n) is 3.75. The molecule has 0 fully saturated rings. The maximum Gasteiger partial charge on any atom is 0.168 e.